The molecule has 0 aliphatic carbocycles. The van der Waals surface area contributed by atoms with Crippen LogP contribution in [-0.4, -0.2) is 50.5 Å². The maximum absolute atomic E-state index is 14.1. The number of hydrogen-bond donors (Lipinski definition) is 0. The summed E-state index contributed by atoms with van der Waals surface area (Å²) >= 11 is 7.18. The van der Waals surface area contributed by atoms with Crippen molar-refractivity contribution < 1.29 is 9.36 Å². The Labute approximate surface area is 243 Å². The Morgan fingerprint density at radius 3 is 2.51 bits per heavy atom. The minimum absolute atomic E-state index is 0.0990. The topological polar surface area (TPSA) is 75.2 Å². The lowest BCUT2D eigenvalue weighted by Crippen LogP contribution is -2.59. The number of carbonyl (C=O) groups excluding carboxylic acids is 1. The standard InChI is InChI=1S/C32H32ClN6O2/c1-7-22-11-9-10-12-23(22)29-25(33)15-24-30(37-19(4)16-36(17-20(37)5)26(40)8-2)35-32(41)39-28-18(3)13-14-34-27(28)21(6)38(29)31(24)39/h7-15,19-21H,1-2,16-17H2,3-6H3/q+1/t19-,20-,21?/m0/s1. The highest BCUT2D eigenvalue weighted by Gasteiger charge is 2.41. The molecule has 3 atom stereocenters. The average molecular weight is 568 g/mol. The summed E-state index contributed by atoms with van der Waals surface area (Å²) in [6.45, 7) is 16.8. The van der Waals surface area contributed by atoms with Gasteiger partial charge in [0.15, 0.2) is 17.2 Å². The highest BCUT2D eigenvalue weighted by atomic mass is 35.5. The number of nitrogens with zero attached hydrogens (tertiary/aromatic N) is 6. The fourth-order valence-electron chi connectivity index (χ4n) is 6.56. The summed E-state index contributed by atoms with van der Waals surface area (Å²) in [6.07, 6.45) is 4.93. The lowest BCUT2D eigenvalue weighted by molar-refractivity contribution is -0.679. The number of aryl methyl sites for hydroxylation is 1. The lowest BCUT2D eigenvalue weighted by atomic mass is 9.99. The molecule has 0 saturated carbocycles. The molecule has 0 radical (unpaired) electrons. The first-order valence-corrected chi connectivity index (χ1v) is 14.1. The van der Waals surface area contributed by atoms with Crippen LogP contribution in [0, 0.1) is 6.92 Å². The van der Waals surface area contributed by atoms with Gasteiger partial charge in [0.05, 0.1) is 5.02 Å². The quantitative estimate of drug-likeness (QED) is 0.260. The fraction of sp³-hybridized carbons (Fsp3) is 0.281. The Kier molecular flexibility index (Phi) is 6.53. The Hall–Kier alpha value is -4.30. The molecule has 41 heavy (non-hydrogen) atoms. The molecule has 1 amide bonds. The van der Waals surface area contributed by atoms with Gasteiger partial charge >= 0.3 is 11.3 Å². The van der Waals surface area contributed by atoms with Crippen molar-refractivity contribution in [3.63, 3.8) is 0 Å². The van der Waals surface area contributed by atoms with Crippen LogP contribution in [0.5, 0.6) is 0 Å². The molecular formula is C32H32ClN6O2+. The van der Waals surface area contributed by atoms with Crippen molar-refractivity contribution in [1.82, 2.24) is 19.4 Å². The number of benzene rings is 1. The third-order valence-electron chi connectivity index (χ3n) is 8.30. The van der Waals surface area contributed by atoms with Crippen molar-refractivity contribution >= 4 is 40.4 Å². The third kappa shape index (κ3) is 4.00. The van der Waals surface area contributed by atoms with Crippen molar-refractivity contribution in [2.45, 2.75) is 45.8 Å². The van der Waals surface area contributed by atoms with Gasteiger partial charge in [0.25, 0.3) is 0 Å². The van der Waals surface area contributed by atoms with Crippen molar-refractivity contribution in [3.05, 3.63) is 94.2 Å². The van der Waals surface area contributed by atoms with Gasteiger partial charge in [-0.05, 0) is 51.5 Å². The normalized spacial score (nSPS) is 19.7. The van der Waals surface area contributed by atoms with Gasteiger partial charge in [-0.2, -0.15) is 4.98 Å². The summed E-state index contributed by atoms with van der Waals surface area (Å²) in [5.41, 5.74) is 5.41. The molecule has 6 rings (SSSR count). The molecule has 9 heteroatoms. The van der Waals surface area contributed by atoms with Crippen LogP contribution in [0.15, 0.2) is 66.6 Å². The van der Waals surface area contributed by atoms with Crippen LogP contribution in [0.25, 0.3) is 34.1 Å². The zero-order chi connectivity index (χ0) is 29.2. The van der Waals surface area contributed by atoms with Gasteiger partial charge in [-0.25, -0.2) is 9.36 Å². The summed E-state index contributed by atoms with van der Waals surface area (Å²) in [7, 11) is 0. The van der Waals surface area contributed by atoms with Gasteiger partial charge in [-0.1, -0.05) is 55.1 Å². The van der Waals surface area contributed by atoms with Crippen LogP contribution in [-0.2, 0) is 4.79 Å². The molecule has 208 valence electrons. The number of amides is 1. The number of halogens is 1. The van der Waals surface area contributed by atoms with Crippen molar-refractivity contribution in [2.24, 2.45) is 0 Å². The maximum atomic E-state index is 14.1. The highest BCUT2D eigenvalue weighted by molar-refractivity contribution is 6.33. The van der Waals surface area contributed by atoms with Crippen LogP contribution >= 0.6 is 11.6 Å². The molecule has 5 heterocycles. The van der Waals surface area contributed by atoms with Crippen LogP contribution in [0.2, 0.25) is 5.02 Å². The second kappa shape index (κ2) is 9.96. The third-order valence-corrected chi connectivity index (χ3v) is 8.59. The molecule has 0 N–H and O–H groups in total. The van der Waals surface area contributed by atoms with E-state index >= 15 is 0 Å². The molecule has 0 spiro atoms. The second-order valence-electron chi connectivity index (χ2n) is 10.9. The van der Waals surface area contributed by atoms with Gasteiger partial charge in [0.2, 0.25) is 5.91 Å². The number of carbonyl (C=O) groups is 1. The molecular weight excluding hydrogens is 536 g/mol. The van der Waals surface area contributed by atoms with E-state index in [1.54, 1.807) is 15.7 Å². The van der Waals surface area contributed by atoms with E-state index in [2.05, 4.69) is 29.5 Å². The van der Waals surface area contributed by atoms with Crippen molar-refractivity contribution in [3.8, 4) is 16.9 Å². The van der Waals surface area contributed by atoms with Gasteiger partial charge in [0.1, 0.15) is 17.1 Å². The molecule has 1 saturated heterocycles. The van der Waals surface area contributed by atoms with Gasteiger partial charge in [-0.3, -0.25) is 9.78 Å². The van der Waals surface area contributed by atoms with Gasteiger partial charge in [0, 0.05) is 42.5 Å². The van der Waals surface area contributed by atoms with Crippen LogP contribution < -0.4 is 15.2 Å². The summed E-state index contributed by atoms with van der Waals surface area (Å²) in [5.74, 6) is 0.453. The Morgan fingerprint density at radius 1 is 1.12 bits per heavy atom. The first kappa shape index (κ1) is 26.9. The fourth-order valence-corrected chi connectivity index (χ4v) is 6.86. The van der Waals surface area contributed by atoms with Crippen molar-refractivity contribution in [1.29, 1.82) is 0 Å². The number of rotatable bonds is 4. The Balaban J connectivity index is 1.71. The maximum Gasteiger partial charge on any atom is 0.442 e. The summed E-state index contributed by atoms with van der Waals surface area (Å²) in [5, 5.41) is 1.29. The zero-order valence-corrected chi connectivity index (χ0v) is 24.4. The summed E-state index contributed by atoms with van der Waals surface area (Å²) < 4.78 is 3.80. The molecule has 1 unspecified atom stereocenters. The van der Waals surface area contributed by atoms with Crippen LogP contribution in [0.4, 0.5) is 5.82 Å². The number of anilines is 1. The monoisotopic (exact) mass is 567 g/mol. The Morgan fingerprint density at radius 2 is 1.83 bits per heavy atom. The predicted octanol–water partition coefficient (Wildman–Crippen LogP) is 4.87. The Bertz CT molecular complexity index is 1820. The molecule has 2 aliphatic heterocycles. The van der Waals surface area contributed by atoms with Crippen LogP contribution in [0.3, 0.4) is 0 Å². The zero-order valence-electron chi connectivity index (χ0n) is 23.6. The van der Waals surface area contributed by atoms with Gasteiger partial charge < -0.3 is 9.80 Å². The number of aromatic nitrogens is 4. The number of fused-ring (bicyclic) bond motifs is 2. The SMILES string of the molecule is C=CC(=O)N1C[C@H](C)N(c2nc(=O)n3c4c2cc(Cl)c(-c2ccccc2C=C)[n+]4C(C)c2nccc(C)c2-3)[C@@H](C)C1. The lowest BCUT2D eigenvalue weighted by Gasteiger charge is -2.45. The van der Waals surface area contributed by atoms with E-state index in [0.29, 0.717) is 29.6 Å². The number of piperazine rings is 1. The molecule has 1 fully saturated rings. The molecule has 4 aromatic rings. The first-order chi connectivity index (χ1) is 19.7. The van der Waals surface area contributed by atoms with E-state index in [9.17, 15) is 9.59 Å². The van der Waals surface area contributed by atoms with E-state index in [1.807, 2.05) is 63.2 Å². The highest BCUT2D eigenvalue weighted by Crippen LogP contribution is 2.39. The number of pyridine rings is 2. The minimum Gasteiger partial charge on any atom is -0.347 e. The van der Waals surface area contributed by atoms with E-state index in [4.69, 9.17) is 21.6 Å². The first-order valence-electron chi connectivity index (χ1n) is 13.8. The molecule has 8 nitrogen and oxygen atoms in total. The second-order valence-corrected chi connectivity index (χ2v) is 11.3. The summed E-state index contributed by atoms with van der Waals surface area (Å²) in [4.78, 5) is 39.9. The average Bonchev–Trinajstić information content (AvgIpc) is 2.95. The smallest absolute Gasteiger partial charge is 0.347 e. The molecule has 1 aromatic carbocycles. The van der Waals surface area contributed by atoms with E-state index in [-0.39, 0.29) is 29.7 Å². The molecule has 2 aliphatic rings. The van der Waals surface area contributed by atoms with E-state index < -0.39 is 0 Å². The van der Waals surface area contributed by atoms with Crippen molar-refractivity contribution in [2.75, 3.05) is 18.0 Å². The number of hydrogen-bond acceptors (Lipinski definition) is 5. The molecule has 3 aromatic heterocycles. The van der Waals surface area contributed by atoms with E-state index in [0.717, 1.165) is 39.2 Å². The largest absolute Gasteiger partial charge is 0.442 e. The van der Waals surface area contributed by atoms with E-state index in [1.165, 1.54) is 6.08 Å². The summed E-state index contributed by atoms with van der Waals surface area (Å²) in [6, 6.07) is 11.4. The predicted molar refractivity (Wildman–Crippen MR) is 163 cm³/mol. The van der Waals surface area contributed by atoms with Gasteiger partial charge in [-0.15, -0.1) is 4.57 Å². The minimum atomic E-state index is -0.389. The molecule has 0 bridgehead atoms. The van der Waals surface area contributed by atoms with Crippen LogP contribution in [0.1, 0.15) is 43.6 Å².